The summed E-state index contributed by atoms with van der Waals surface area (Å²) in [5, 5.41) is 3.47. The summed E-state index contributed by atoms with van der Waals surface area (Å²) >= 11 is 1.42. The van der Waals surface area contributed by atoms with Crippen LogP contribution in [0.25, 0.3) is 10.4 Å². The smallest absolute Gasteiger partial charge is 0.414 e. The Kier molecular flexibility index (Phi) is 10.1. The van der Waals surface area contributed by atoms with E-state index in [0.29, 0.717) is 10.6 Å². The van der Waals surface area contributed by atoms with Crippen molar-refractivity contribution in [2.24, 2.45) is 5.11 Å². The Bertz CT molecular complexity index is 1570. The molecule has 1 heterocycles. The summed E-state index contributed by atoms with van der Waals surface area (Å²) < 4.78 is 39.1. The standard InChI is InChI=1S/C29H23FN4O2S.CH3ClO2S/c30-26-18-24(34-20-25(19-32-33-31)36-28(34)35)16-17-27(26)37-29(21-10-4-1-5-11-21,22-12-6-2-7-13-22)23-14-8-3-9-15-23;1-5(2,3)4/h1-18,25H,19-20H2;1H3/t25-;/m1./s1. The van der Waals surface area contributed by atoms with Gasteiger partial charge in [0.2, 0.25) is 9.05 Å². The first kappa shape index (κ1) is 30.9. The number of ether oxygens (including phenoxy) is 1. The molecule has 8 nitrogen and oxygen atoms in total. The van der Waals surface area contributed by atoms with Gasteiger partial charge < -0.3 is 4.74 Å². The lowest BCUT2D eigenvalue weighted by Crippen LogP contribution is -2.26. The van der Waals surface area contributed by atoms with E-state index < -0.39 is 31.8 Å². The first-order valence-electron chi connectivity index (χ1n) is 12.7. The Hall–Kier alpha value is -4.02. The van der Waals surface area contributed by atoms with Crippen molar-refractivity contribution in [2.45, 2.75) is 15.7 Å². The van der Waals surface area contributed by atoms with E-state index in [0.717, 1.165) is 22.9 Å². The fourth-order valence-corrected chi connectivity index (χ4v) is 5.94. The summed E-state index contributed by atoms with van der Waals surface area (Å²) in [6.45, 7) is 0.217. The second-order valence-electron chi connectivity index (χ2n) is 9.21. The third-order valence-electron chi connectivity index (χ3n) is 6.25. The predicted octanol–water partition coefficient (Wildman–Crippen LogP) is 7.73. The van der Waals surface area contributed by atoms with Crippen LogP contribution in [-0.4, -0.2) is 40.0 Å². The Morgan fingerprint density at radius 2 is 1.45 bits per heavy atom. The molecule has 0 aromatic heterocycles. The molecule has 0 unspecified atom stereocenters. The van der Waals surface area contributed by atoms with Crippen molar-refractivity contribution in [3.8, 4) is 0 Å². The molecule has 0 bridgehead atoms. The average Bonchev–Trinajstić information content (AvgIpc) is 3.36. The van der Waals surface area contributed by atoms with Gasteiger partial charge in [-0.05, 0) is 40.4 Å². The highest BCUT2D eigenvalue weighted by Gasteiger charge is 2.39. The number of thioether (sulfide) groups is 1. The number of amides is 1. The first-order valence-corrected chi connectivity index (χ1v) is 16.2. The van der Waals surface area contributed by atoms with Crippen LogP contribution in [0, 0.1) is 5.82 Å². The van der Waals surface area contributed by atoms with Gasteiger partial charge in [0.1, 0.15) is 11.9 Å². The van der Waals surface area contributed by atoms with Crippen LogP contribution in [-0.2, 0) is 18.5 Å². The zero-order valence-electron chi connectivity index (χ0n) is 22.4. The summed E-state index contributed by atoms with van der Waals surface area (Å²) in [6.07, 6.45) is -0.235. The van der Waals surface area contributed by atoms with E-state index in [2.05, 4.69) is 57.1 Å². The summed E-state index contributed by atoms with van der Waals surface area (Å²) in [5.41, 5.74) is 12.0. The van der Waals surface area contributed by atoms with Crippen molar-refractivity contribution in [3.05, 3.63) is 142 Å². The van der Waals surface area contributed by atoms with Gasteiger partial charge in [0.05, 0.1) is 29.8 Å². The maximum absolute atomic E-state index is 15.7. The Morgan fingerprint density at radius 3 is 1.88 bits per heavy atom. The zero-order chi connectivity index (χ0) is 30.2. The number of anilines is 1. The number of azide groups is 1. The maximum atomic E-state index is 15.7. The molecule has 4 aromatic rings. The molecule has 4 aromatic carbocycles. The molecular formula is C30H26ClFN4O4S2. The van der Waals surface area contributed by atoms with E-state index in [9.17, 15) is 13.2 Å². The molecule has 0 saturated carbocycles. The lowest BCUT2D eigenvalue weighted by molar-refractivity contribution is 0.145. The molecule has 1 amide bonds. The Labute approximate surface area is 252 Å². The summed E-state index contributed by atoms with van der Waals surface area (Å²) in [4.78, 5) is 16.9. The van der Waals surface area contributed by atoms with Crippen LogP contribution in [0.2, 0.25) is 0 Å². The van der Waals surface area contributed by atoms with Crippen molar-refractivity contribution >= 4 is 43.3 Å². The number of halogens is 2. The average molecular weight is 625 g/mol. The highest BCUT2D eigenvalue weighted by molar-refractivity contribution is 8.13. The number of carbonyl (C=O) groups excluding carboxylic acids is 1. The van der Waals surface area contributed by atoms with E-state index in [1.54, 1.807) is 12.1 Å². The van der Waals surface area contributed by atoms with Gasteiger partial charge in [0.15, 0.2) is 0 Å². The third kappa shape index (κ3) is 7.63. The van der Waals surface area contributed by atoms with Crippen LogP contribution < -0.4 is 4.90 Å². The van der Waals surface area contributed by atoms with Crippen LogP contribution in [0.1, 0.15) is 16.7 Å². The minimum atomic E-state index is -3.19. The van der Waals surface area contributed by atoms with Crippen molar-refractivity contribution in [1.29, 1.82) is 0 Å². The lowest BCUT2D eigenvalue weighted by Gasteiger charge is -2.35. The molecule has 1 aliphatic rings. The molecule has 216 valence electrons. The van der Waals surface area contributed by atoms with Crippen molar-refractivity contribution in [2.75, 3.05) is 24.2 Å². The molecule has 1 aliphatic heterocycles. The van der Waals surface area contributed by atoms with E-state index in [4.69, 9.17) is 10.3 Å². The highest BCUT2D eigenvalue weighted by atomic mass is 35.7. The Morgan fingerprint density at radius 1 is 0.976 bits per heavy atom. The summed E-state index contributed by atoms with van der Waals surface area (Å²) in [6, 6.07) is 35.0. The fourth-order valence-electron chi connectivity index (χ4n) is 4.56. The molecule has 12 heteroatoms. The van der Waals surface area contributed by atoms with Crippen molar-refractivity contribution < 1.29 is 22.3 Å². The molecular weight excluding hydrogens is 599 g/mol. The third-order valence-corrected chi connectivity index (χ3v) is 7.82. The van der Waals surface area contributed by atoms with Gasteiger partial charge in [-0.2, -0.15) is 0 Å². The van der Waals surface area contributed by atoms with Crippen LogP contribution in [0.3, 0.4) is 0 Å². The van der Waals surface area contributed by atoms with E-state index >= 15 is 4.39 Å². The van der Waals surface area contributed by atoms with Crippen LogP contribution >= 0.6 is 22.4 Å². The number of benzene rings is 4. The maximum Gasteiger partial charge on any atom is 0.414 e. The Balaban J connectivity index is 0.000000748. The predicted molar refractivity (Wildman–Crippen MR) is 164 cm³/mol. The van der Waals surface area contributed by atoms with Crippen LogP contribution in [0.5, 0.6) is 0 Å². The number of cyclic esters (lactones) is 1. The second-order valence-corrected chi connectivity index (χ2v) is 13.5. The van der Waals surface area contributed by atoms with Gasteiger partial charge >= 0.3 is 6.09 Å². The van der Waals surface area contributed by atoms with Crippen molar-refractivity contribution in [1.82, 2.24) is 0 Å². The van der Waals surface area contributed by atoms with Gasteiger partial charge in [0, 0.05) is 20.5 Å². The largest absolute Gasteiger partial charge is 0.444 e. The quantitative estimate of drug-likeness (QED) is 0.0497. The molecule has 1 atom stereocenters. The summed E-state index contributed by atoms with van der Waals surface area (Å²) in [7, 11) is 1.31. The lowest BCUT2D eigenvalue weighted by atomic mass is 9.84. The molecule has 1 saturated heterocycles. The van der Waals surface area contributed by atoms with Gasteiger partial charge in [0.25, 0.3) is 0 Å². The van der Waals surface area contributed by atoms with Gasteiger partial charge in [-0.3, -0.25) is 4.90 Å². The monoisotopic (exact) mass is 624 g/mol. The van der Waals surface area contributed by atoms with Crippen LogP contribution in [0.15, 0.2) is 119 Å². The number of rotatable bonds is 8. The molecule has 0 radical (unpaired) electrons. The fraction of sp³-hybridized carbons (Fsp3) is 0.167. The van der Waals surface area contributed by atoms with E-state index in [-0.39, 0.29) is 13.1 Å². The number of nitrogens with zero attached hydrogens (tertiary/aromatic N) is 4. The summed E-state index contributed by atoms with van der Waals surface area (Å²) in [5.74, 6) is -0.444. The number of carbonyl (C=O) groups is 1. The molecule has 5 rings (SSSR count). The van der Waals surface area contributed by atoms with Crippen molar-refractivity contribution in [3.63, 3.8) is 0 Å². The molecule has 42 heavy (non-hydrogen) atoms. The number of hydrogen-bond acceptors (Lipinski definition) is 6. The molecule has 0 spiro atoms. The molecule has 1 fully saturated rings. The topological polar surface area (TPSA) is 112 Å². The zero-order valence-corrected chi connectivity index (χ0v) is 24.8. The van der Waals surface area contributed by atoms with Crippen LogP contribution in [0.4, 0.5) is 14.9 Å². The minimum absolute atomic E-state index is 0.0307. The molecule has 0 aliphatic carbocycles. The van der Waals surface area contributed by atoms with Gasteiger partial charge in [-0.15, -0.1) is 11.8 Å². The first-order chi connectivity index (χ1) is 20.1. The minimum Gasteiger partial charge on any atom is -0.444 e. The number of hydrogen-bond donors (Lipinski definition) is 0. The second kappa shape index (κ2) is 13.8. The van der Waals surface area contributed by atoms with E-state index in [1.165, 1.54) is 22.7 Å². The van der Waals surface area contributed by atoms with Gasteiger partial charge in [-0.25, -0.2) is 17.6 Å². The SMILES string of the molecule is CS(=O)(=O)Cl.[N-]=[N+]=NC[C@@H]1CN(c2ccc(SC(c3ccccc3)(c3ccccc3)c3ccccc3)c(F)c2)C(=O)O1. The van der Waals surface area contributed by atoms with Gasteiger partial charge in [-0.1, -0.05) is 96.1 Å². The normalized spacial score (nSPS) is 14.8. The highest BCUT2D eigenvalue weighted by Crippen LogP contribution is 2.52. The molecule has 0 N–H and O–H groups in total. The van der Waals surface area contributed by atoms with E-state index in [1.807, 2.05) is 54.6 Å².